The fourth-order valence-electron chi connectivity index (χ4n) is 3.00. The lowest BCUT2D eigenvalue weighted by Gasteiger charge is -2.38. The highest BCUT2D eigenvalue weighted by Crippen LogP contribution is 2.40. The van der Waals surface area contributed by atoms with Gasteiger partial charge in [-0.1, -0.05) is 28.1 Å². The second-order valence-corrected chi connectivity index (χ2v) is 7.68. The van der Waals surface area contributed by atoms with Crippen molar-refractivity contribution in [3.05, 3.63) is 58.1 Å². The van der Waals surface area contributed by atoms with Crippen molar-refractivity contribution >= 4 is 27.6 Å². The lowest BCUT2D eigenvalue weighted by atomic mass is 9.90. The van der Waals surface area contributed by atoms with Gasteiger partial charge in [-0.05, 0) is 56.7 Å². The minimum Gasteiger partial charge on any atom is -0.487 e. The molecule has 0 saturated carbocycles. The average Bonchev–Trinajstić information content (AvgIpc) is 2.47. The summed E-state index contributed by atoms with van der Waals surface area (Å²) in [6.07, 6.45) is 0.706. The molecule has 1 aliphatic rings. The molecule has 0 bridgehead atoms. The predicted octanol–water partition coefficient (Wildman–Crippen LogP) is 5.18. The van der Waals surface area contributed by atoms with Gasteiger partial charge in [-0.25, -0.2) is 4.79 Å². The van der Waals surface area contributed by atoms with Gasteiger partial charge in [-0.3, -0.25) is 0 Å². The summed E-state index contributed by atoms with van der Waals surface area (Å²) in [5.41, 5.74) is 2.55. The largest absolute Gasteiger partial charge is 0.487 e. The summed E-state index contributed by atoms with van der Waals surface area (Å²) in [4.78, 5) is 12.4. The molecule has 0 aliphatic carbocycles. The molecule has 0 fully saturated rings. The highest BCUT2D eigenvalue weighted by Gasteiger charge is 2.34. The molecule has 0 radical (unpaired) electrons. The maximum atomic E-state index is 12.4. The summed E-state index contributed by atoms with van der Waals surface area (Å²) in [6, 6.07) is 13.3. The maximum absolute atomic E-state index is 12.4. The number of anilines is 1. The molecule has 126 valence electrons. The summed E-state index contributed by atoms with van der Waals surface area (Å²) in [5.74, 6) is 0.815. The molecule has 2 N–H and O–H groups in total. The molecule has 5 heteroatoms. The Bertz CT molecular complexity index is 774. The minimum absolute atomic E-state index is 0.106. The number of hydrogen-bond donors (Lipinski definition) is 2. The molecule has 0 spiro atoms. The zero-order chi connectivity index (χ0) is 17.3. The van der Waals surface area contributed by atoms with Crippen molar-refractivity contribution in [3.63, 3.8) is 0 Å². The monoisotopic (exact) mass is 388 g/mol. The summed E-state index contributed by atoms with van der Waals surface area (Å²) in [5, 5.41) is 5.98. The van der Waals surface area contributed by atoms with Gasteiger partial charge in [0.1, 0.15) is 11.4 Å². The van der Waals surface area contributed by atoms with E-state index in [0.717, 1.165) is 27.0 Å². The van der Waals surface area contributed by atoms with Crippen molar-refractivity contribution in [1.29, 1.82) is 0 Å². The number of carbonyl (C=O) groups excluding carboxylic acids is 1. The van der Waals surface area contributed by atoms with Gasteiger partial charge in [-0.2, -0.15) is 0 Å². The molecule has 24 heavy (non-hydrogen) atoms. The number of aryl methyl sites for hydroxylation is 1. The molecule has 2 aromatic rings. The number of ether oxygens (including phenoxy) is 1. The van der Waals surface area contributed by atoms with Gasteiger partial charge >= 0.3 is 6.03 Å². The Morgan fingerprint density at radius 2 is 2.04 bits per heavy atom. The lowest BCUT2D eigenvalue weighted by molar-refractivity contribution is 0.0682. The molecule has 1 atom stereocenters. The number of hydrogen-bond acceptors (Lipinski definition) is 2. The Morgan fingerprint density at radius 1 is 1.25 bits per heavy atom. The highest BCUT2D eigenvalue weighted by molar-refractivity contribution is 9.10. The fourth-order valence-corrected chi connectivity index (χ4v) is 3.38. The van der Waals surface area contributed by atoms with E-state index in [1.165, 1.54) is 0 Å². The molecule has 3 rings (SSSR count). The van der Waals surface area contributed by atoms with Gasteiger partial charge in [0, 0.05) is 22.1 Å². The van der Waals surface area contributed by atoms with Gasteiger partial charge in [0.2, 0.25) is 0 Å². The topological polar surface area (TPSA) is 50.4 Å². The molecular weight excluding hydrogens is 368 g/mol. The Kier molecular flexibility index (Phi) is 4.54. The molecule has 4 nitrogen and oxygen atoms in total. The number of urea groups is 1. The van der Waals surface area contributed by atoms with E-state index in [4.69, 9.17) is 4.74 Å². The quantitative estimate of drug-likeness (QED) is 0.744. The number of fused-ring (bicyclic) bond motifs is 1. The summed E-state index contributed by atoms with van der Waals surface area (Å²) < 4.78 is 7.00. The van der Waals surface area contributed by atoms with Crippen LogP contribution in [-0.4, -0.2) is 11.6 Å². The first-order chi connectivity index (χ1) is 11.3. The van der Waals surface area contributed by atoms with E-state index < -0.39 is 0 Å². The van der Waals surface area contributed by atoms with Crippen molar-refractivity contribution in [1.82, 2.24) is 5.32 Å². The predicted molar refractivity (Wildman–Crippen MR) is 99.5 cm³/mol. The van der Waals surface area contributed by atoms with Crippen molar-refractivity contribution in [2.75, 3.05) is 5.32 Å². The average molecular weight is 389 g/mol. The molecular formula is C19H21BrN2O2. The van der Waals surface area contributed by atoms with E-state index in [9.17, 15) is 4.79 Å². The van der Waals surface area contributed by atoms with Crippen LogP contribution in [0, 0.1) is 6.92 Å². The summed E-state index contributed by atoms with van der Waals surface area (Å²) in [7, 11) is 0. The van der Waals surface area contributed by atoms with Gasteiger partial charge in [0.15, 0.2) is 0 Å². The third-order valence-corrected chi connectivity index (χ3v) is 4.50. The minimum atomic E-state index is -0.331. The van der Waals surface area contributed by atoms with Crippen LogP contribution in [0.15, 0.2) is 46.9 Å². The van der Waals surface area contributed by atoms with Gasteiger partial charge < -0.3 is 15.4 Å². The number of rotatable bonds is 2. The van der Waals surface area contributed by atoms with Crippen molar-refractivity contribution < 1.29 is 9.53 Å². The zero-order valence-corrected chi connectivity index (χ0v) is 15.6. The molecule has 2 aromatic carbocycles. The van der Waals surface area contributed by atoms with Crippen LogP contribution in [0.3, 0.4) is 0 Å². The van der Waals surface area contributed by atoms with Gasteiger partial charge in [0.25, 0.3) is 0 Å². The van der Waals surface area contributed by atoms with Gasteiger partial charge in [0.05, 0.1) is 6.04 Å². The van der Waals surface area contributed by atoms with Crippen LogP contribution >= 0.6 is 15.9 Å². The summed E-state index contributed by atoms with van der Waals surface area (Å²) in [6.45, 7) is 6.06. The third kappa shape index (κ3) is 3.90. The molecule has 0 saturated heterocycles. The first kappa shape index (κ1) is 16.8. The standard InChI is InChI=1S/C19H21BrN2O2/c1-12-5-4-6-14(9-12)21-18(23)22-16-11-19(2,3)24-17-8-7-13(20)10-15(16)17/h4-10,16H,11H2,1-3H3,(H2,21,22,23)/t16-/m1/s1. The first-order valence-electron chi connectivity index (χ1n) is 7.95. The maximum Gasteiger partial charge on any atom is 0.319 e. The number of amides is 2. The second-order valence-electron chi connectivity index (χ2n) is 6.77. The first-order valence-corrected chi connectivity index (χ1v) is 8.74. The van der Waals surface area contributed by atoms with Crippen LogP contribution in [-0.2, 0) is 0 Å². The van der Waals surface area contributed by atoms with E-state index in [0.29, 0.717) is 6.42 Å². The fraction of sp³-hybridized carbons (Fsp3) is 0.316. The van der Waals surface area contributed by atoms with Crippen molar-refractivity contribution in [2.24, 2.45) is 0 Å². The van der Waals surface area contributed by atoms with E-state index in [1.807, 2.05) is 63.2 Å². The van der Waals surface area contributed by atoms with Crippen molar-refractivity contribution in [3.8, 4) is 5.75 Å². The SMILES string of the molecule is Cc1cccc(NC(=O)N[C@@H]2CC(C)(C)Oc3ccc(Br)cc32)c1. The van der Waals surface area contributed by atoms with Crippen LogP contribution < -0.4 is 15.4 Å². The number of halogens is 1. The third-order valence-electron chi connectivity index (χ3n) is 4.01. The Labute approximate surface area is 150 Å². The molecule has 0 aromatic heterocycles. The molecule has 1 heterocycles. The van der Waals surface area contributed by atoms with Crippen LogP contribution in [0.2, 0.25) is 0 Å². The summed E-state index contributed by atoms with van der Waals surface area (Å²) >= 11 is 3.49. The molecule has 2 amide bonds. The van der Waals surface area contributed by atoms with Gasteiger partial charge in [-0.15, -0.1) is 0 Å². The number of nitrogens with one attached hydrogen (secondary N) is 2. The van der Waals surface area contributed by atoms with E-state index >= 15 is 0 Å². The normalized spacial score (nSPS) is 18.2. The van der Waals surface area contributed by atoms with Crippen molar-refractivity contribution in [2.45, 2.75) is 38.8 Å². The molecule has 1 aliphatic heterocycles. The Balaban J connectivity index is 1.79. The van der Waals surface area contributed by atoms with E-state index in [-0.39, 0.29) is 17.7 Å². The van der Waals surface area contributed by atoms with Crippen LogP contribution in [0.1, 0.15) is 37.4 Å². The zero-order valence-electron chi connectivity index (χ0n) is 14.0. The van der Waals surface area contributed by atoms with E-state index in [2.05, 4.69) is 26.6 Å². The lowest BCUT2D eigenvalue weighted by Crippen LogP contribution is -2.42. The van der Waals surface area contributed by atoms with E-state index in [1.54, 1.807) is 0 Å². The number of benzene rings is 2. The van der Waals surface area contributed by atoms with Crippen LogP contribution in [0.25, 0.3) is 0 Å². The second kappa shape index (κ2) is 6.48. The molecule has 0 unspecified atom stereocenters. The van der Waals surface area contributed by atoms with Crippen LogP contribution in [0.4, 0.5) is 10.5 Å². The van der Waals surface area contributed by atoms with Crippen LogP contribution in [0.5, 0.6) is 5.75 Å². The Morgan fingerprint density at radius 3 is 2.79 bits per heavy atom. The smallest absolute Gasteiger partial charge is 0.319 e. The number of carbonyl (C=O) groups is 1. The highest BCUT2D eigenvalue weighted by atomic mass is 79.9. The Hall–Kier alpha value is -2.01.